The van der Waals surface area contributed by atoms with Gasteiger partial charge < -0.3 is 20.1 Å². The summed E-state index contributed by atoms with van der Waals surface area (Å²) in [7, 11) is 3.22. The molecule has 2 rings (SSSR count). The number of hydrogen-bond acceptors (Lipinski definition) is 4. The first-order valence-electron chi connectivity index (χ1n) is 6.33. The molecule has 1 aromatic carbocycles. The molecule has 5 nitrogen and oxygen atoms in total. The van der Waals surface area contributed by atoms with E-state index in [-0.39, 0.29) is 11.8 Å². The Kier molecular flexibility index (Phi) is 3.95. The van der Waals surface area contributed by atoms with E-state index >= 15 is 0 Å². The van der Waals surface area contributed by atoms with Gasteiger partial charge >= 0.3 is 0 Å². The molecule has 0 aliphatic carbocycles. The Balaban J connectivity index is 2.55. The third-order valence-electron chi connectivity index (χ3n) is 3.52. The molecule has 0 bridgehead atoms. The second-order valence-electron chi connectivity index (χ2n) is 4.77. The molecule has 1 unspecified atom stereocenters. The third-order valence-corrected chi connectivity index (χ3v) is 3.52. The van der Waals surface area contributed by atoms with Crippen molar-refractivity contribution < 1.29 is 14.3 Å². The maximum absolute atomic E-state index is 11.8. The fourth-order valence-corrected chi connectivity index (χ4v) is 2.54. The van der Waals surface area contributed by atoms with Crippen LogP contribution in [0, 0.1) is 5.92 Å². The van der Waals surface area contributed by atoms with E-state index in [0.29, 0.717) is 18.8 Å². The van der Waals surface area contributed by atoms with Crippen molar-refractivity contribution in [2.75, 3.05) is 32.2 Å². The van der Waals surface area contributed by atoms with Crippen LogP contribution in [0.25, 0.3) is 0 Å². The lowest BCUT2D eigenvalue weighted by Crippen LogP contribution is -2.41. The fourth-order valence-electron chi connectivity index (χ4n) is 2.54. The van der Waals surface area contributed by atoms with Crippen LogP contribution in [-0.4, -0.2) is 33.2 Å². The number of ether oxygens (including phenoxy) is 2. The molecule has 0 radical (unpaired) electrons. The van der Waals surface area contributed by atoms with Gasteiger partial charge in [0.1, 0.15) is 11.5 Å². The van der Waals surface area contributed by atoms with Crippen molar-refractivity contribution in [2.45, 2.75) is 13.3 Å². The highest BCUT2D eigenvalue weighted by molar-refractivity contribution is 5.95. The molecule has 1 atom stereocenters. The van der Waals surface area contributed by atoms with Crippen LogP contribution in [0.15, 0.2) is 12.1 Å². The topological polar surface area (TPSA) is 64.8 Å². The molecule has 5 heteroatoms. The van der Waals surface area contributed by atoms with E-state index in [1.165, 1.54) is 0 Å². The van der Waals surface area contributed by atoms with Gasteiger partial charge in [0, 0.05) is 19.5 Å². The molecule has 104 valence electrons. The molecule has 1 heterocycles. The molecular formula is C14H20N2O3. The number of benzene rings is 1. The summed E-state index contributed by atoms with van der Waals surface area (Å²) in [5, 5.41) is 0. The molecule has 0 saturated carbocycles. The van der Waals surface area contributed by atoms with Gasteiger partial charge in [-0.1, -0.05) is 0 Å². The average Bonchev–Trinajstić information content (AvgIpc) is 2.44. The standard InChI is InChI=1S/C14H20N2O3/c1-9(17)16-8-10(7-15)4-11-5-12(18-2)6-13(19-3)14(11)16/h5-6,10H,4,7-8,15H2,1-3H3. The summed E-state index contributed by atoms with van der Waals surface area (Å²) in [4.78, 5) is 13.6. The van der Waals surface area contributed by atoms with Crippen molar-refractivity contribution in [1.82, 2.24) is 0 Å². The van der Waals surface area contributed by atoms with Gasteiger partial charge in [-0.05, 0) is 30.5 Å². The van der Waals surface area contributed by atoms with Gasteiger partial charge in [-0.25, -0.2) is 0 Å². The molecule has 1 aromatic rings. The average molecular weight is 264 g/mol. The van der Waals surface area contributed by atoms with E-state index in [2.05, 4.69) is 0 Å². The number of anilines is 1. The maximum atomic E-state index is 11.8. The highest BCUT2D eigenvalue weighted by Gasteiger charge is 2.29. The molecular weight excluding hydrogens is 244 g/mol. The van der Waals surface area contributed by atoms with Gasteiger partial charge in [0.2, 0.25) is 5.91 Å². The molecule has 0 spiro atoms. The van der Waals surface area contributed by atoms with Crippen molar-refractivity contribution >= 4 is 11.6 Å². The Morgan fingerprint density at radius 1 is 1.42 bits per heavy atom. The Hall–Kier alpha value is -1.75. The van der Waals surface area contributed by atoms with Gasteiger partial charge in [-0.3, -0.25) is 4.79 Å². The lowest BCUT2D eigenvalue weighted by Gasteiger charge is -2.34. The summed E-state index contributed by atoms with van der Waals surface area (Å²) in [5.74, 6) is 1.67. The van der Waals surface area contributed by atoms with E-state index < -0.39 is 0 Å². The Labute approximate surface area is 113 Å². The van der Waals surface area contributed by atoms with Crippen LogP contribution in [0.2, 0.25) is 0 Å². The summed E-state index contributed by atoms with van der Waals surface area (Å²) < 4.78 is 10.7. The first-order chi connectivity index (χ1) is 9.10. The molecule has 0 fully saturated rings. The van der Waals surface area contributed by atoms with Crippen LogP contribution in [0.3, 0.4) is 0 Å². The normalized spacial score (nSPS) is 17.9. The lowest BCUT2D eigenvalue weighted by molar-refractivity contribution is -0.116. The van der Waals surface area contributed by atoms with E-state index in [1.54, 1.807) is 32.1 Å². The SMILES string of the molecule is COc1cc2c(c(OC)c1)N(C(C)=O)CC(CN)C2. The monoisotopic (exact) mass is 264 g/mol. The highest BCUT2D eigenvalue weighted by Crippen LogP contribution is 2.40. The van der Waals surface area contributed by atoms with Crippen LogP contribution in [0.5, 0.6) is 11.5 Å². The minimum Gasteiger partial charge on any atom is -0.497 e. The fraction of sp³-hybridized carbons (Fsp3) is 0.500. The molecule has 0 aromatic heterocycles. The number of methoxy groups -OCH3 is 2. The van der Waals surface area contributed by atoms with Crippen molar-refractivity contribution in [3.8, 4) is 11.5 Å². The van der Waals surface area contributed by atoms with Gasteiger partial charge in [-0.15, -0.1) is 0 Å². The van der Waals surface area contributed by atoms with Crippen molar-refractivity contribution in [2.24, 2.45) is 11.7 Å². The summed E-state index contributed by atoms with van der Waals surface area (Å²) in [5.41, 5.74) is 7.66. The number of hydrogen-bond donors (Lipinski definition) is 1. The van der Waals surface area contributed by atoms with Crippen molar-refractivity contribution in [3.05, 3.63) is 17.7 Å². The van der Waals surface area contributed by atoms with Crippen molar-refractivity contribution in [1.29, 1.82) is 0 Å². The molecule has 19 heavy (non-hydrogen) atoms. The first-order valence-corrected chi connectivity index (χ1v) is 6.33. The highest BCUT2D eigenvalue weighted by atomic mass is 16.5. The predicted octanol–water partition coefficient (Wildman–Crippen LogP) is 1.19. The first kappa shape index (κ1) is 13.7. The van der Waals surface area contributed by atoms with E-state index in [0.717, 1.165) is 23.4 Å². The van der Waals surface area contributed by atoms with E-state index in [4.69, 9.17) is 15.2 Å². The summed E-state index contributed by atoms with van der Waals surface area (Å²) in [6.45, 7) is 2.76. The molecule has 1 aliphatic rings. The lowest BCUT2D eigenvalue weighted by atomic mass is 9.91. The Morgan fingerprint density at radius 3 is 2.68 bits per heavy atom. The number of nitrogens with zero attached hydrogens (tertiary/aromatic N) is 1. The van der Waals surface area contributed by atoms with Crippen molar-refractivity contribution in [3.63, 3.8) is 0 Å². The molecule has 1 amide bonds. The number of nitrogens with two attached hydrogens (primary N) is 1. The number of carbonyl (C=O) groups excluding carboxylic acids is 1. The second kappa shape index (κ2) is 5.48. The maximum Gasteiger partial charge on any atom is 0.223 e. The minimum absolute atomic E-state index is 0.00265. The summed E-state index contributed by atoms with van der Waals surface area (Å²) >= 11 is 0. The van der Waals surface area contributed by atoms with E-state index in [9.17, 15) is 4.79 Å². The smallest absolute Gasteiger partial charge is 0.223 e. The second-order valence-corrected chi connectivity index (χ2v) is 4.77. The number of amides is 1. The Morgan fingerprint density at radius 2 is 2.16 bits per heavy atom. The van der Waals surface area contributed by atoms with Crippen LogP contribution >= 0.6 is 0 Å². The zero-order valence-corrected chi connectivity index (χ0v) is 11.6. The number of carbonyl (C=O) groups is 1. The van der Waals surface area contributed by atoms with Crippen LogP contribution in [0.4, 0.5) is 5.69 Å². The number of rotatable bonds is 3. The third kappa shape index (κ3) is 2.51. The van der Waals surface area contributed by atoms with E-state index in [1.807, 2.05) is 6.07 Å². The predicted molar refractivity (Wildman–Crippen MR) is 73.8 cm³/mol. The van der Waals surface area contributed by atoms with Crippen LogP contribution < -0.4 is 20.1 Å². The minimum atomic E-state index is 0.00265. The van der Waals surface area contributed by atoms with Gasteiger partial charge in [0.25, 0.3) is 0 Å². The Bertz CT molecular complexity index is 488. The number of fused-ring (bicyclic) bond motifs is 1. The summed E-state index contributed by atoms with van der Waals surface area (Å²) in [6.07, 6.45) is 0.836. The summed E-state index contributed by atoms with van der Waals surface area (Å²) in [6, 6.07) is 3.76. The van der Waals surface area contributed by atoms with Crippen LogP contribution in [0.1, 0.15) is 12.5 Å². The zero-order chi connectivity index (χ0) is 14.0. The quantitative estimate of drug-likeness (QED) is 0.890. The molecule has 2 N–H and O–H groups in total. The largest absolute Gasteiger partial charge is 0.497 e. The zero-order valence-electron chi connectivity index (χ0n) is 11.6. The van der Waals surface area contributed by atoms with Gasteiger partial charge in [0.05, 0.1) is 19.9 Å². The molecule has 0 saturated heterocycles. The molecule has 1 aliphatic heterocycles. The van der Waals surface area contributed by atoms with Gasteiger partial charge in [0.15, 0.2) is 0 Å². The van der Waals surface area contributed by atoms with Gasteiger partial charge in [-0.2, -0.15) is 0 Å². The van der Waals surface area contributed by atoms with Crippen LogP contribution in [-0.2, 0) is 11.2 Å².